The van der Waals surface area contributed by atoms with Crippen LogP contribution >= 0.6 is 11.6 Å². The molecule has 0 spiro atoms. The third-order valence-electron chi connectivity index (χ3n) is 7.00. The summed E-state index contributed by atoms with van der Waals surface area (Å²) in [6.07, 6.45) is 6.08. The van der Waals surface area contributed by atoms with Crippen molar-refractivity contribution in [2.24, 2.45) is 16.8 Å². The van der Waals surface area contributed by atoms with Crippen molar-refractivity contribution in [1.29, 1.82) is 0 Å². The number of amides is 3. The molecule has 3 amide bonds. The van der Waals surface area contributed by atoms with Crippen LogP contribution in [0.5, 0.6) is 0 Å². The van der Waals surface area contributed by atoms with Gasteiger partial charge >= 0.3 is 6.09 Å². The fourth-order valence-electron chi connectivity index (χ4n) is 4.85. The zero-order valence-electron chi connectivity index (χ0n) is 24.7. The minimum absolute atomic E-state index is 0.171. The summed E-state index contributed by atoms with van der Waals surface area (Å²) >= 11 is 6.20. The average Bonchev–Trinajstić information content (AvgIpc) is 3.53. The zero-order chi connectivity index (χ0) is 32.6. The number of pyridine rings is 1. The third kappa shape index (κ3) is 7.85. The van der Waals surface area contributed by atoms with Gasteiger partial charge in [-0.25, -0.2) is 15.6 Å². The normalized spacial score (nSPS) is 14.7. The molecule has 2 aromatic carbocycles. The largest absolute Gasteiger partial charge is 0.453 e. The molecule has 4 aromatic rings. The average molecular weight is 643 g/mol. The molecule has 236 valence electrons. The minimum Gasteiger partial charge on any atom is -0.453 e. The van der Waals surface area contributed by atoms with Crippen LogP contribution < -0.4 is 32.6 Å². The highest BCUT2D eigenvalue weighted by molar-refractivity contribution is 6.30. The number of methoxy groups -OCH3 is 1. The summed E-state index contributed by atoms with van der Waals surface area (Å²) in [7, 11) is 1.26. The van der Waals surface area contributed by atoms with Gasteiger partial charge in [-0.2, -0.15) is 5.10 Å². The molecule has 0 saturated carbocycles. The number of benzene rings is 2. The van der Waals surface area contributed by atoms with E-state index in [1.54, 1.807) is 48.7 Å². The van der Waals surface area contributed by atoms with Crippen LogP contribution in [-0.4, -0.2) is 46.3 Å². The van der Waals surface area contributed by atoms with Gasteiger partial charge in [0, 0.05) is 58.3 Å². The number of imidazole rings is 1. The summed E-state index contributed by atoms with van der Waals surface area (Å²) in [6.45, 7) is 0. The van der Waals surface area contributed by atoms with Crippen LogP contribution in [0.4, 0.5) is 21.9 Å². The summed E-state index contributed by atoms with van der Waals surface area (Å²) in [6, 6.07) is 15.0. The summed E-state index contributed by atoms with van der Waals surface area (Å²) in [5.74, 6) is 11.1. The van der Waals surface area contributed by atoms with Crippen LogP contribution in [0.3, 0.4) is 0 Å². The number of hydrogen-bond acceptors (Lipinski definition) is 9. The van der Waals surface area contributed by atoms with Crippen LogP contribution in [0.15, 0.2) is 72.0 Å². The van der Waals surface area contributed by atoms with Gasteiger partial charge in [0.1, 0.15) is 12.2 Å². The number of aryl methyl sites for hydroxylation is 1. The van der Waals surface area contributed by atoms with E-state index in [0.717, 1.165) is 5.69 Å². The van der Waals surface area contributed by atoms with Crippen LogP contribution in [0.2, 0.25) is 5.02 Å². The number of rotatable bonds is 6. The predicted molar refractivity (Wildman–Crippen MR) is 176 cm³/mol. The number of hydrazone groups is 1. The molecule has 0 aliphatic carbocycles. The molecule has 1 atom stereocenters. The summed E-state index contributed by atoms with van der Waals surface area (Å²) in [4.78, 5) is 50.7. The monoisotopic (exact) mass is 642 g/mol. The Morgan fingerprint density at radius 1 is 1.13 bits per heavy atom. The number of nitrogens with one attached hydrogen (secondary N) is 4. The first-order chi connectivity index (χ1) is 22.2. The molecule has 4 bridgehead atoms. The number of carbonyl (C=O) groups is 3. The summed E-state index contributed by atoms with van der Waals surface area (Å²) < 4.78 is 4.69. The second-order valence-corrected chi connectivity index (χ2v) is 10.6. The van der Waals surface area contributed by atoms with Gasteiger partial charge in [0.15, 0.2) is 0 Å². The third-order valence-corrected chi connectivity index (χ3v) is 7.24. The van der Waals surface area contributed by atoms with E-state index in [4.69, 9.17) is 38.0 Å². The molecule has 0 unspecified atom stereocenters. The number of anilines is 3. The maximum absolute atomic E-state index is 13.3. The lowest BCUT2D eigenvalue weighted by atomic mass is 10.1. The predicted octanol–water partition coefficient (Wildman–Crippen LogP) is 3.88. The molecule has 3 heterocycles. The second kappa shape index (κ2) is 14.4. The molecule has 0 saturated heterocycles. The standard InChI is InChI=1S/C31H31ClN10O4/c1-46-31(45)38-22-7-9-23-24(14-22)39-29(44)12-8-20-3-2-4-21(37-20)15-25(30-35-16-26(23)41-30)40-28(43)11-5-18-13-19(32)6-10-27(18)42(34)17-36-33/h2-7,9-11,13-14,16-17,25H,8,12,15,33-34H2,1H3,(H,35,41)(H,38,45)(H,39,44)(H,40,43)/b11-5+,36-17-/t25-/m0/s1. The van der Waals surface area contributed by atoms with Gasteiger partial charge in [-0.05, 0) is 61.0 Å². The van der Waals surface area contributed by atoms with Gasteiger partial charge in [0.2, 0.25) is 11.8 Å². The van der Waals surface area contributed by atoms with E-state index in [9.17, 15) is 14.4 Å². The Hall–Kier alpha value is -5.73. The molecule has 1 aliphatic rings. The van der Waals surface area contributed by atoms with Crippen molar-refractivity contribution in [3.05, 3.63) is 94.7 Å². The van der Waals surface area contributed by atoms with Crippen molar-refractivity contribution >= 4 is 59.0 Å². The van der Waals surface area contributed by atoms with Crippen LogP contribution in [0.25, 0.3) is 17.3 Å². The number of fused-ring (bicyclic) bond motifs is 6. The van der Waals surface area contributed by atoms with Gasteiger partial charge in [0.05, 0.1) is 30.2 Å². The Kier molecular flexibility index (Phi) is 9.90. The molecular weight excluding hydrogens is 612 g/mol. The van der Waals surface area contributed by atoms with E-state index in [2.05, 4.69) is 26.0 Å². The highest BCUT2D eigenvalue weighted by Crippen LogP contribution is 2.32. The number of hydrazine groups is 1. The number of carbonyl (C=O) groups excluding carboxylic acids is 3. The van der Waals surface area contributed by atoms with Crippen LogP contribution in [0, 0.1) is 0 Å². The van der Waals surface area contributed by atoms with Crippen molar-refractivity contribution in [2.75, 3.05) is 22.8 Å². The number of aromatic amines is 1. The zero-order valence-corrected chi connectivity index (χ0v) is 25.4. The highest BCUT2D eigenvalue weighted by Gasteiger charge is 2.22. The Balaban J connectivity index is 1.48. The highest BCUT2D eigenvalue weighted by atomic mass is 35.5. The van der Waals surface area contributed by atoms with Gasteiger partial charge in [-0.15, -0.1) is 0 Å². The van der Waals surface area contributed by atoms with E-state index < -0.39 is 18.0 Å². The number of nitrogens with two attached hydrogens (primary N) is 2. The van der Waals surface area contributed by atoms with Gasteiger partial charge < -0.3 is 26.2 Å². The first-order valence-corrected chi connectivity index (χ1v) is 14.4. The molecule has 5 rings (SSSR count). The fourth-order valence-corrected chi connectivity index (χ4v) is 5.03. The molecule has 15 heteroatoms. The Morgan fingerprint density at radius 3 is 2.76 bits per heavy atom. The first-order valence-electron chi connectivity index (χ1n) is 14.1. The quantitative estimate of drug-likeness (QED) is 0.0592. The van der Waals surface area contributed by atoms with Crippen LogP contribution in [0.1, 0.15) is 35.2 Å². The molecule has 2 aromatic heterocycles. The summed E-state index contributed by atoms with van der Waals surface area (Å²) in [5, 5.41) is 13.6. The lowest BCUT2D eigenvalue weighted by Gasteiger charge is -2.17. The molecular formula is C31H31ClN10O4. The topological polar surface area (TPSA) is 206 Å². The number of aromatic nitrogens is 3. The van der Waals surface area contributed by atoms with Crippen molar-refractivity contribution < 1.29 is 19.1 Å². The van der Waals surface area contributed by atoms with Crippen molar-refractivity contribution in [3.8, 4) is 11.3 Å². The lowest BCUT2D eigenvalue weighted by Crippen LogP contribution is -2.30. The maximum Gasteiger partial charge on any atom is 0.411 e. The van der Waals surface area contributed by atoms with E-state index in [1.807, 2.05) is 18.2 Å². The summed E-state index contributed by atoms with van der Waals surface area (Å²) in [5.41, 5.74) is 4.48. The van der Waals surface area contributed by atoms with Crippen molar-refractivity contribution in [2.45, 2.75) is 25.3 Å². The van der Waals surface area contributed by atoms with Crippen LogP contribution in [-0.2, 0) is 27.2 Å². The van der Waals surface area contributed by atoms with E-state index in [-0.39, 0.29) is 12.3 Å². The molecule has 14 nitrogen and oxygen atoms in total. The molecule has 8 N–H and O–H groups in total. The number of halogens is 1. The second-order valence-electron chi connectivity index (χ2n) is 10.2. The van der Waals surface area contributed by atoms with E-state index >= 15 is 0 Å². The number of nitrogens with zero attached hydrogens (tertiary/aromatic N) is 4. The minimum atomic E-state index is -0.649. The van der Waals surface area contributed by atoms with Gasteiger partial charge in [-0.3, -0.25) is 24.9 Å². The van der Waals surface area contributed by atoms with Crippen molar-refractivity contribution in [1.82, 2.24) is 20.3 Å². The lowest BCUT2D eigenvalue weighted by molar-refractivity contribution is -0.117. The molecule has 0 radical (unpaired) electrons. The van der Waals surface area contributed by atoms with E-state index in [1.165, 1.54) is 24.5 Å². The first kappa shape index (κ1) is 31.7. The number of ether oxygens (including phenoxy) is 1. The Labute approximate surface area is 268 Å². The SMILES string of the molecule is COC(=O)Nc1ccc2c(c1)NC(=O)CCc1cccc(n1)C[C@H](NC(=O)/C=C/c1cc(Cl)ccc1N(N)/C=N\N)c1nc-2c[nH]1. The maximum atomic E-state index is 13.3. The Bertz CT molecular complexity index is 1820. The molecule has 46 heavy (non-hydrogen) atoms. The molecule has 1 aliphatic heterocycles. The number of H-pyrrole nitrogens is 1. The van der Waals surface area contributed by atoms with Gasteiger partial charge in [0.25, 0.3) is 0 Å². The smallest absolute Gasteiger partial charge is 0.411 e. The fraction of sp³-hybridized carbons (Fsp3) is 0.161. The number of hydrogen-bond donors (Lipinski definition) is 6. The van der Waals surface area contributed by atoms with Crippen molar-refractivity contribution in [3.63, 3.8) is 0 Å². The van der Waals surface area contributed by atoms with E-state index in [0.29, 0.717) is 63.3 Å². The Morgan fingerprint density at radius 2 is 1.96 bits per heavy atom. The molecule has 0 fully saturated rings. The van der Waals surface area contributed by atoms with Gasteiger partial charge in [-0.1, -0.05) is 17.7 Å².